The van der Waals surface area contributed by atoms with Crippen LogP contribution in [0.3, 0.4) is 0 Å². The number of rotatable bonds is 12. The van der Waals surface area contributed by atoms with Crippen LogP contribution in [0.25, 0.3) is 0 Å². The minimum atomic E-state index is -4.33. The molecule has 0 aromatic carbocycles. The Balaban J connectivity index is 2.40. The maximum Gasteiger partial charge on any atom is 0.330 e. The second-order valence-corrected chi connectivity index (χ2v) is 10.2. The number of aliphatic imine (C=N–C) groups is 1. The maximum absolute atomic E-state index is 12.6. The lowest BCUT2D eigenvalue weighted by Crippen LogP contribution is -2.45. The zero-order chi connectivity index (χ0) is 27.0. The van der Waals surface area contributed by atoms with Crippen molar-refractivity contribution in [3.63, 3.8) is 0 Å². The summed E-state index contributed by atoms with van der Waals surface area (Å²) in [6.07, 6.45) is -3.66. The number of guanidine groups is 1. The first-order valence-electron chi connectivity index (χ1n) is 11.5. The largest absolute Gasteiger partial charge is 0.394 e. The third kappa shape index (κ3) is 8.36. The molecule has 1 fully saturated rings. The van der Waals surface area contributed by atoms with Crippen molar-refractivity contribution in [2.45, 2.75) is 44.4 Å². The summed E-state index contributed by atoms with van der Waals surface area (Å²) in [5.41, 5.74) is -1.67. The smallest absolute Gasteiger partial charge is 0.330 e. The van der Waals surface area contributed by atoms with E-state index in [-0.39, 0.29) is 18.7 Å². The number of ether oxygens (including phenoxy) is 1. The normalized spacial score (nSPS) is 22.8. The molecule has 0 amide bonds. The predicted molar refractivity (Wildman–Crippen MR) is 130 cm³/mol. The van der Waals surface area contributed by atoms with E-state index < -0.39 is 58.3 Å². The second-order valence-electron chi connectivity index (χ2n) is 8.65. The summed E-state index contributed by atoms with van der Waals surface area (Å²) in [6.45, 7) is 2.40. The van der Waals surface area contributed by atoms with Crippen molar-refractivity contribution >= 4 is 16.1 Å². The Bertz CT molecular complexity index is 1100. The van der Waals surface area contributed by atoms with Crippen LogP contribution in [0.15, 0.2) is 20.8 Å². The molecule has 36 heavy (non-hydrogen) atoms. The monoisotopic (exact) mass is 536 g/mol. The van der Waals surface area contributed by atoms with E-state index in [2.05, 4.69) is 15.3 Å². The SMILES string of the molecule is CCNC(=NCCCN(C)C)N(CCS(=O)(=O)O)Cc1cn([C@@H]2O[C@H](CO)[C@H](O)C2O)c(=O)[nH]c1=O. The number of aliphatic hydroxyl groups is 3. The van der Waals surface area contributed by atoms with E-state index in [0.29, 0.717) is 25.5 Å². The molecule has 0 spiro atoms. The van der Waals surface area contributed by atoms with Crippen LogP contribution in [0.4, 0.5) is 0 Å². The Hall–Kier alpha value is -2.34. The number of aromatic nitrogens is 2. The number of aliphatic hydroxyl groups excluding tert-OH is 3. The lowest BCUT2D eigenvalue weighted by molar-refractivity contribution is -0.0551. The van der Waals surface area contributed by atoms with Crippen LogP contribution in [0.1, 0.15) is 25.1 Å². The van der Waals surface area contributed by atoms with Crippen LogP contribution in [-0.4, -0.2) is 125 Å². The van der Waals surface area contributed by atoms with Crippen LogP contribution >= 0.6 is 0 Å². The highest BCUT2D eigenvalue weighted by Gasteiger charge is 2.43. The van der Waals surface area contributed by atoms with Crippen molar-refractivity contribution in [3.05, 3.63) is 32.6 Å². The number of nitrogens with zero attached hydrogens (tertiary/aromatic N) is 4. The fourth-order valence-corrected chi connectivity index (χ4v) is 4.08. The van der Waals surface area contributed by atoms with Crippen LogP contribution < -0.4 is 16.6 Å². The van der Waals surface area contributed by atoms with E-state index in [1.165, 1.54) is 4.90 Å². The van der Waals surface area contributed by atoms with E-state index >= 15 is 0 Å². The van der Waals surface area contributed by atoms with Gasteiger partial charge in [0.1, 0.15) is 18.3 Å². The lowest BCUT2D eigenvalue weighted by Gasteiger charge is -2.27. The topological polar surface area (TPSA) is 210 Å². The number of hydrogen-bond acceptors (Lipinski definition) is 10. The predicted octanol–water partition coefficient (Wildman–Crippen LogP) is -3.24. The molecule has 1 aliphatic rings. The number of hydrogen-bond donors (Lipinski definition) is 6. The molecule has 16 heteroatoms. The summed E-state index contributed by atoms with van der Waals surface area (Å²) in [6, 6.07) is 0. The highest BCUT2D eigenvalue weighted by molar-refractivity contribution is 7.85. The maximum atomic E-state index is 12.6. The van der Waals surface area contributed by atoms with E-state index in [1.54, 1.807) is 0 Å². The second kappa shape index (κ2) is 13.3. The first kappa shape index (κ1) is 29.9. The van der Waals surface area contributed by atoms with Crippen LogP contribution in [0.2, 0.25) is 0 Å². The number of nitrogens with one attached hydrogen (secondary N) is 2. The van der Waals surface area contributed by atoms with Gasteiger partial charge in [-0.25, -0.2) is 4.79 Å². The Kier molecular flexibility index (Phi) is 11.0. The van der Waals surface area contributed by atoms with Gasteiger partial charge in [0, 0.05) is 25.8 Å². The third-order valence-corrected chi connectivity index (χ3v) is 6.17. The molecule has 1 unspecified atom stereocenters. The van der Waals surface area contributed by atoms with E-state index in [0.717, 1.165) is 17.3 Å². The molecule has 2 rings (SSSR count). The first-order chi connectivity index (χ1) is 16.9. The summed E-state index contributed by atoms with van der Waals surface area (Å²) >= 11 is 0. The molecule has 15 nitrogen and oxygen atoms in total. The first-order valence-corrected chi connectivity index (χ1v) is 13.1. The Morgan fingerprint density at radius 1 is 1.25 bits per heavy atom. The standard InChI is InChI=1S/C20H36N6O9S/c1-4-21-19(22-6-5-7-24(2)3)25(8-9-36(32,33)34)10-13-11-26(20(31)23-17(13)30)18-16(29)15(28)14(12-27)35-18/h11,14-16,18,27-29H,4-10,12H2,1-3H3,(H,21,22)(H,23,30,31)(H,32,33,34)/t14-,15+,16?,18-/m1/s1. The third-order valence-electron chi connectivity index (χ3n) is 5.47. The Morgan fingerprint density at radius 3 is 2.50 bits per heavy atom. The number of aromatic amines is 1. The molecule has 1 saturated heterocycles. The molecular weight excluding hydrogens is 500 g/mol. The van der Waals surface area contributed by atoms with Gasteiger partial charge in [-0.05, 0) is 34.0 Å². The van der Waals surface area contributed by atoms with Crippen LogP contribution in [0, 0.1) is 0 Å². The molecule has 1 aromatic heterocycles. The van der Waals surface area contributed by atoms with Crippen molar-refractivity contribution in [1.29, 1.82) is 0 Å². The zero-order valence-electron chi connectivity index (χ0n) is 20.6. The molecule has 2 heterocycles. The molecular formula is C20H36N6O9S. The van der Waals surface area contributed by atoms with Gasteiger partial charge in [-0.15, -0.1) is 0 Å². The Morgan fingerprint density at radius 2 is 1.94 bits per heavy atom. The minimum absolute atomic E-state index is 0.00145. The molecule has 0 radical (unpaired) electrons. The molecule has 4 atom stereocenters. The van der Waals surface area contributed by atoms with Gasteiger partial charge in [0.25, 0.3) is 15.7 Å². The van der Waals surface area contributed by atoms with Gasteiger partial charge in [0.05, 0.1) is 24.5 Å². The van der Waals surface area contributed by atoms with Gasteiger partial charge < -0.3 is 35.2 Å². The van der Waals surface area contributed by atoms with E-state index in [9.17, 15) is 37.9 Å². The zero-order valence-corrected chi connectivity index (χ0v) is 21.4. The quantitative estimate of drug-likeness (QED) is 0.0673. The summed E-state index contributed by atoms with van der Waals surface area (Å²) < 4.78 is 38.4. The van der Waals surface area contributed by atoms with Crippen molar-refractivity contribution in [1.82, 2.24) is 24.7 Å². The summed E-state index contributed by atoms with van der Waals surface area (Å²) in [7, 11) is -0.498. The molecule has 1 aromatic rings. The van der Waals surface area contributed by atoms with Gasteiger partial charge >= 0.3 is 5.69 Å². The van der Waals surface area contributed by atoms with Crippen LogP contribution in [0.5, 0.6) is 0 Å². The van der Waals surface area contributed by atoms with Crippen LogP contribution in [-0.2, 0) is 21.4 Å². The summed E-state index contributed by atoms with van der Waals surface area (Å²) in [5, 5.41) is 32.7. The van der Waals surface area contributed by atoms with Gasteiger partial charge in [-0.3, -0.25) is 23.9 Å². The lowest BCUT2D eigenvalue weighted by atomic mass is 10.1. The van der Waals surface area contributed by atoms with Gasteiger partial charge in [-0.2, -0.15) is 8.42 Å². The Labute approximate surface area is 208 Å². The average Bonchev–Trinajstić information content (AvgIpc) is 3.07. The molecule has 6 N–H and O–H groups in total. The van der Waals surface area contributed by atoms with Gasteiger partial charge in [0.15, 0.2) is 12.2 Å². The molecule has 0 aliphatic carbocycles. The molecule has 0 saturated carbocycles. The van der Waals surface area contributed by atoms with E-state index in [1.807, 2.05) is 25.9 Å². The highest BCUT2D eigenvalue weighted by atomic mass is 32.2. The molecule has 0 bridgehead atoms. The summed E-state index contributed by atoms with van der Waals surface area (Å²) in [4.78, 5) is 35.1. The fraction of sp³-hybridized carbons (Fsp3) is 0.750. The molecule has 206 valence electrons. The van der Waals surface area contributed by atoms with Gasteiger partial charge in [0.2, 0.25) is 0 Å². The highest BCUT2D eigenvalue weighted by Crippen LogP contribution is 2.28. The van der Waals surface area contributed by atoms with Gasteiger partial charge in [-0.1, -0.05) is 0 Å². The molecule has 1 aliphatic heterocycles. The number of H-pyrrole nitrogens is 1. The van der Waals surface area contributed by atoms with Crippen molar-refractivity contribution < 1.29 is 33.0 Å². The van der Waals surface area contributed by atoms with E-state index in [4.69, 9.17) is 4.74 Å². The van der Waals surface area contributed by atoms with Crippen molar-refractivity contribution in [3.8, 4) is 0 Å². The van der Waals surface area contributed by atoms with Crippen molar-refractivity contribution in [2.24, 2.45) is 4.99 Å². The van der Waals surface area contributed by atoms with Crippen molar-refractivity contribution in [2.75, 3.05) is 52.6 Å². The minimum Gasteiger partial charge on any atom is -0.394 e. The fourth-order valence-electron chi connectivity index (χ4n) is 3.63. The summed E-state index contributed by atoms with van der Waals surface area (Å²) in [5.74, 6) is -0.341. The average molecular weight is 537 g/mol.